The fraction of sp³-hybridized carbons (Fsp3) is 0.533. The Hall–Kier alpha value is -2.48. The van der Waals surface area contributed by atoms with Crippen molar-refractivity contribution >= 4 is 76.6 Å². The summed E-state index contributed by atoms with van der Waals surface area (Å²) >= 11 is 14.3. The molecule has 0 amide bonds. The summed E-state index contributed by atoms with van der Waals surface area (Å²) in [5, 5.41) is 14.2. The fourth-order valence-electron chi connectivity index (χ4n) is 6.48. The SMILES string of the molecule is C[C@@H]1C(=O)CC2(CCN(c3cnc(Sc4ccnc(Nc5ccnc(N6CCC(CO)(CCl)CC6)n5)c4Cl)cn3)CC2)[C@H]1N.Cl. The predicted octanol–water partition coefficient (Wildman–Crippen LogP) is 4.97. The zero-order valence-electron chi connectivity index (χ0n) is 25.0. The van der Waals surface area contributed by atoms with Gasteiger partial charge >= 0.3 is 0 Å². The van der Waals surface area contributed by atoms with Gasteiger partial charge in [-0.3, -0.25) is 4.79 Å². The zero-order chi connectivity index (χ0) is 30.9. The number of anilines is 4. The number of Topliss-reactive ketones (excluding diaryl/α,β-unsaturated/α-hetero) is 1. The normalized spacial score (nSPS) is 22.4. The minimum absolute atomic E-state index is 0. The first-order chi connectivity index (χ1) is 21.2. The van der Waals surface area contributed by atoms with E-state index in [1.165, 1.54) is 11.8 Å². The van der Waals surface area contributed by atoms with Crippen molar-refractivity contribution in [2.24, 2.45) is 22.5 Å². The van der Waals surface area contributed by atoms with Gasteiger partial charge in [0.15, 0.2) is 5.82 Å². The van der Waals surface area contributed by atoms with Gasteiger partial charge in [0, 0.05) is 79.8 Å². The zero-order valence-corrected chi connectivity index (χ0v) is 28.2. The topological polar surface area (TPSA) is 146 Å². The smallest absolute Gasteiger partial charge is 0.227 e. The molecule has 3 aromatic rings. The van der Waals surface area contributed by atoms with Gasteiger partial charge < -0.3 is 26.0 Å². The number of rotatable bonds is 8. The van der Waals surface area contributed by atoms with Crippen LogP contribution in [-0.4, -0.2) is 80.5 Å². The average Bonchev–Trinajstić information content (AvgIpc) is 3.26. The average molecular weight is 695 g/mol. The third-order valence-corrected chi connectivity index (χ3v) is 11.7. The van der Waals surface area contributed by atoms with Gasteiger partial charge in [-0.25, -0.2) is 19.9 Å². The summed E-state index contributed by atoms with van der Waals surface area (Å²) in [6, 6.07) is 3.55. The molecular formula is C30H38Cl3N9O2S. The highest BCUT2D eigenvalue weighted by Gasteiger charge is 2.50. The Balaban J connectivity index is 0.00000400. The van der Waals surface area contributed by atoms with E-state index in [0.29, 0.717) is 53.0 Å². The second-order valence-corrected chi connectivity index (χ2v) is 13.9. The molecule has 242 valence electrons. The number of piperidine rings is 2. The third-order valence-electron chi connectivity index (χ3n) is 9.66. The maximum Gasteiger partial charge on any atom is 0.227 e. The number of carbonyl (C=O) groups is 1. The monoisotopic (exact) mass is 693 g/mol. The van der Waals surface area contributed by atoms with Gasteiger partial charge in [0.25, 0.3) is 0 Å². The number of ketones is 1. The lowest BCUT2D eigenvalue weighted by Crippen LogP contribution is -2.48. The first kappa shape index (κ1) is 33.9. The molecule has 0 aromatic carbocycles. The van der Waals surface area contributed by atoms with Crippen molar-refractivity contribution in [3.05, 3.63) is 41.9 Å². The van der Waals surface area contributed by atoms with E-state index < -0.39 is 0 Å². The lowest BCUT2D eigenvalue weighted by atomic mass is 9.73. The summed E-state index contributed by atoms with van der Waals surface area (Å²) < 4.78 is 0. The van der Waals surface area contributed by atoms with E-state index in [1.807, 2.05) is 13.0 Å². The van der Waals surface area contributed by atoms with Gasteiger partial charge in [0.2, 0.25) is 5.95 Å². The number of hydrogen-bond donors (Lipinski definition) is 3. The lowest BCUT2D eigenvalue weighted by Gasteiger charge is -2.42. The number of aliphatic hydroxyl groups is 1. The summed E-state index contributed by atoms with van der Waals surface area (Å²) in [5.74, 6) is 3.14. The second kappa shape index (κ2) is 14.1. The van der Waals surface area contributed by atoms with Gasteiger partial charge in [0.1, 0.15) is 22.4 Å². The number of nitrogens with two attached hydrogens (primary N) is 1. The predicted molar refractivity (Wildman–Crippen MR) is 180 cm³/mol. The van der Waals surface area contributed by atoms with Gasteiger partial charge in [-0.15, -0.1) is 24.0 Å². The number of halogens is 3. The van der Waals surface area contributed by atoms with E-state index in [1.54, 1.807) is 30.9 Å². The molecule has 2 saturated heterocycles. The molecule has 3 fully saturated rings. The Morgan fingerprint density at radius 3 is 2.38 bits per heavy atom. The molecule has 45 heavy (non-hydrogen) atoms. The third kappa shape index (κ3) is 6.96. The van der Waals surface area contributed by atoms with E-state index in [4.69, 9.17) is 28.9 Å². The minimum atomic E-state index is -0.240. The van der Waals surface area contributed by atoms with Crippen LogP contribution in [0.4, 0.5) is 23.4 Å². The van der Waals surface area contributed by atoms with Crippen molar-refractivity contribution in [1.82, 2.24) is 24.9 Å². The number of aromatic nitrogens is 5. The number of nitrogens with one attached hydrogen (secondary N) is 1. The fourth-order valence-corrected chi connectivity index (χ4v) is 7.86. The Morgan fingerprint density at radius 2 is 1.76 bits per heavy atom. The van der Waals surface area contributed by atoms with Crippen molar-refractivity contribution in [1.29, 1.82) is 0 Å². The van der Waals surface area contributed by atoms with Crippen LogP contribution < -0.4 is 20.9 Å². The second-order valence-electron chi connectivity index (χ2n) is 12.2. The molecule has 0 bridgehead atoms. The molecule has 3 aromatic heterocycles. The van der Waals surface area contributed by atoms with Crippen LogP contribution >= 0.6 is 47.4 Å². The number of alkyl halides is 1. The van der Waals surface area contributed by atoms with E-state index in [0.717, 1.165) is 49.5 Å². The molecular weight excluding hydrogens is 657 g/mol. The van der Waals surface area contributed by atoms with Crippen molar-refractivity contribution in [2.45, 2.75) is 55.0 Å². The molecule has 6 rings (SSSR count). The lowest BCUT2D eigenvalue weighted by molar-refractivity contribution is -0.120. The Bertz CT molecular complexity index is 1480. The molecule has 1 saturated carbocycles. The van der Waals surface area contributed by atoms with Crippen molar-refractivity contribution in [3.63, 3.8) is 0 Å². The van der Waals surface area contributed by atoms with Crippen LogP contribution in [0.15, 0.2) is 46.8 Å². The maximum absolute atomic E-state index is 12.3. The van der Waals surface area contributed by atoms with Gasteiger partial charge in [-0.1, -0.05) is 30.3 Å². The quantitative estimate of drug-likeness (QED) is 0.274. The summed E-state index contributed by atoms with van der Waals surface area (Å²) in [4.78, 5) is 40.3. The Labute approximate surface area is 283 Å². The van der Waals surface area contributed by atoms with Crippen LogP contribution in [0.25, 0.3) is 0 Å². The van der Waals surface area contributed by atoms with Crippen LogP contribution in [0.5, 0.6) is 0 Å². The van der Waals surface area contributed by atoms with E-state index in [2.05, 4.69) is 40.0 Å². The van der Waals surface area contributed by atoms with Crippen LogP contribution in [-0.2, 0) is 4.79 Å². The number of carbonyl (C=O) groups excluding carboxylic acids is 1. The molecule has 15 heteroatoms. The molecule has 4 N–H and O–H groups in total. The van der Waals surface area contributed by atoms with Crippen molar-refractivity contribution in [2.75, 3.05) is 53.8 Å². The molecule has 0 unspecified atom stereocenters. The standard InChI is InChI=1S/C30H37Cl2N9O2S.ClH/c1-19-20(43)14-30(26(19)33)6-12-40(13-7-30)23-15-37-24(16-36-23)44-21-2-8-34-27(25(21)32)38-22-3-9-35-28(39-22)41-10-4-29(17-31,18-42)5-11-41;/h2-3,8-9,15-16,19,26,42H,4-7,10-14,17-18,33H2,1H3,(H,34,35,38,39);1H/t19-,26+;/m1./s1. The van der Waals surface area contributed by atoms with Crippen molar-refractivity contribution in [3.8, 4) is 0 Å². The van der Waals surface area contributed by atoms with Crippen LogP contribution in [0.3, 0.4) is 0 Å². The molecule has 2 atom stereocenters. The van der Waals surface area contributed by atoms with Crippen LogP contribution in [0.1, 0.15) is 39.0 Å². The highest BCUT2D eigenvalue weighted by Crippen LogP contribution is 2.47. The largest absolute Gasteiger partial charge is 0.396 e. The molecule has 0 radical (unpaired) electrons. The van der Waals surface area contributed by atoms with Gasteiger partial charge in [0.05, 0.1) is 17.4 Å². The molecule has 1 aliphatic carbocycles. The Kier molecular flexibility index (Phi) is 10.6. The first-order valence-corrected chi connectivity index (χ1v) is 16.7. The maximum atomic E-state index is 12.3. The molecule has 5 heterocycles. The van der Waals surface area contributed by atoms with E-state index in [-0.39, 0.29) is 47.6 Å². The van der Waals surface area contributed by atoms with E-state index >= 15 is 0 Å². The van der Waals surface area contributed by atoms with Gasteiger partial charge in [-0.05, 0) is 43.2 Å². The van der Waals surface area contributed by atoms with Gasteiger partial charge in [-0.2, -0.15) is 4.98 Å². The highest BCUT2D eigenvalue weighted by molar-refractivity contribution is 7.99. The number of aliphatic hydroxyl groups excluding tert-OH is 1. The summed E-state index contributed by atoms with van der Waals surface area (Å²) in [6.07, 6.45) is 10.8. The highest BCUT2D eigenvalue weighted by atomic mass is 35.5. The molecule has 1 spiro atoms. The summed E-state index contributed by atoms with van der Waals surface area (Å²) in [7, 11) is 0. The summed E-state index contributed by atoms with van der Waals surface area (Å²) in [5.41, 5.74) is 6.14. The van der Waals surface area contributed by atoms with Crippen molar-refractivity contribution < 1.29 is 9.90 Å². The minimum Gasteiger partial charge on any atom is -0.396 e. The van der Waals surface area contributed by atoms with E-state index in [9.17, 15) is 9.90 Å². The number of hydrogen-bond acceptors (Lipinski definition) is 12. The summed E-state index contributed by atoms with van der Waals surface area (Å²) in [6.45, 7) is 5.08. The molecule has 2 aliphatic heterocycles. The van der Waals surface area contributed by atoms with Crippen LogP contribution in [0.2, 0.25) is 5.02 Å². The first-order valence-electron chi connectivity index (χ1n) is 14.9. The molecule has 3 aliphatic rings. The number of nitrogens with zero attached hydrogens (tertiary/aromatic N) is 7. The molecule has 11 nitrogen and oxygen atoms in total. The number of pyridine rings is 1. The van der Waals surface area contributed by atoms with Crippen LogP contribution in [0, 0.1) is 16.7 Å². The Morgan fingerprint density at radius 1 is 1.04 bits per heavy atom.